The number of alkyl halides is 3. The molecular weight excluding hydrogens is 393 g/mol. The summed E-state index contributed by atoms with van der Waals surface area (Å²) in [4.78, 5) is 37.8. The van der Waals surface area contributed by atoms with Crippen molar-refractivity contribution in [2.75, 3.05) is 24.5 Å². The molecule has 4 heterocycles. The van der Waals surface area contributed by atoms with Crippen LogP contribution in [-0.2, 0) is 14.3 Å². The first kappa shape index (κ1) is 21.1. The molecule has 7 nitrogen and oxygen atoms in total. The molecule has 158 valence electrons. The van der Waals surface area contributed by atoms with Crippen LogP contribution >= 0.6 is 0 Å². The Balaban J connectivity index is 0.000000298. The molecule has 2 amide bonds. The van der Waals surface area contributed by atoms with E-state index in [-0.39, 0.29) is 11.8 Å². The number of ether oxygens (including phenoxy) is 1. The molecule has 4 fully saturated rings. The molecule has 2 bridgehead atoms. The van der Waals surface area contributed by atoms with Gasteiger partial charge < -0.3 is 9.84 Å². The van der Waals surface area contributed by atoms with Crippen molar-refractivity contribution in [2.24, 2.45) is 5.92 Å². The van der Waals surface area contributed by atoms with Crippen LogP contribution < -0.4 is 4.90 Å². The van der Waals surface area contributed by atoms with Gasteiger partial charge in [0.25, 0.3) is 5.91 Å². The summed E-state index contributed by atoms with van der Waals surface area (Å²) in [7, 11) is 0. The van der Waals surface area contributed by atoms with E-state index in [1.54, 1.807) is 0 Å². The largest absolute Gasteiger partial charge is 0.490 e. The van der Waals surface area contributed by atoms with Gasteiger partial charge >= 0.3 is 18.2 Å². The van der Waals surface area contributed by atoms with Crippen LogP contribution in [0.15, 0.2) is 18.2 Å². The lowest BCUT2D eigenvalue weighted by molar-refractivity contribution is -0.192. The zero-order chi connectivity index (χ0) is 21.6. The molecule has 29 heavy (non-hydrogen) atoms. The summed E-state index contributed by atoms with van der Waals surface area (Å²) in [6, 6.07) is 5.64. The van der Waals surface area contributed by atoms with Crippen molar-refractivity contribution < 1.29 is 37.4 Å². The number of hydrogen-bond donors (Lipinski definition) is 1. The second-order valence-corrected chi connectivity index (χ2v) is 7.52. The summed E-state index contributed by atoms with van der Waals surface area (Å²) < 4.78 is 37.4. The van der Waals surface area contributed by atoms with Gasteiger partial charge in [-0.3, -0.25) is 9.69 Å². The van der Waals surface area contributed by atoms with Crippen molar-refractivity contribution in [2.45, 2.75) is 38.5 Å². The maximum atomic E-state index is 13.0. The molecule has 4 saturated heterocycles. The van der Waals surface area contributed by atoms with Gasteiger partial charge in [-0.15, -0.1) is 0 Å². The molecule has 0 saturated carbocycles. The van der Waals surface area contributed by atoms with Crippen molar-refractivity contribution in [1.82, 2.24) is 4.90 Å². The monoisotopic (exact) mass is 414 g/mol. The normalized spacial score (nSPS) is 28.2. The predicted octanol–water partition coefficient (Wildman–Crippen LogP) is 2.88. The molecule has 0 aromatic heterocycles. The third kappa shape index (κ3) is 3.81. The van der Waals surface area contributed by atoms with Crippen LogP contribution in [0.4, 0.5) is 23.7 Å². The first-order valence-corrected chi connectivity index (χ1v) is 9.13. The van der Waals surface area contributed by atoms with E-state index in [9.17, 15) is 22.8 Å². The quantitative estimate of drug-likeness (QED) is 0.761. The van der Waals surface area contributed by atoms with Gasteiger partial charge in [-0.05, 0) is 63.0 Å². The Morgan fingerprint density at radius 3 is 2.21 bits per heavy atom. The van der Waals surface area contributed by atoms with Gasteiger partial charge in [0.2, 0.25) is 5.60 Å². The molecule has 1 unspecified atom stereocenters. The fraction of sp³-hybridized carbons (Fsp3) is 0.526. The van der Waals surface area contributed by atoms with Gasteiger partial charge in [0.15, 0.2) is 0 Å². The van der Waals surface area contributed by atoms with Crippen LogP contribution in [0.25, 0.3) is 0 Å². The fourth-order valence-corrected chi connectivity index (χ4v) is 3.98. The van der Waals surface area contributed by atoms with Gasteiger partial charge in [0.1, 0.15) is 0 Å². The lowest BCUT2D eigenvalue weighted by atomic mass is 9.75. The highest BCUT2D eigenvalue weighted by Gasteiger charge is 2.62. The van der Waals surface area contributed by atoms with E-state index in [4.69, 9.17) is 14.6 Å². The lowest BCUT2D eigenvalue weighted by Gasteiger charge is -2.48. The number of hydrogen-bond acceptors (Lipinski definition) is 5. The van der Waals surface area contributed by atoms with Crippen molar-refractivity contribution in [3.63, 3.8) is 0 Å². The molecule has 0 aliphatic carbocycles. The van der Waals surface area contributed by atoms with Crippen molar-refractivity contribution in [3.05, 3.63) is 29.3 Å². The average Bonchev–Trinajstić information content (AvgIpc) is 2.88. The summed E-state index contributed by atoms with van der Waals surface area (Å²) in [5, 5.41) is 7.12. The van der Waals surface area contributed by atoms with Crippen LogP contribution in [0.3, 0.4) is 0 Å². The molecule has 1 aromatic carbocycles. The minimum absolute atomic E-state index is 0.158. The summed E-state index contributed by atoms with van der Waals surface area (Å²) in [5.41, 5.74) is 1.87. The SMILES string of the molecule is Cc1ccc(N2C(=O)OC3(CN4CCC3CC4)C2=O)cc1C.O=C(O)C(F)(F)F. The Bertz CT molecular complexity index is 849. The van der Waals surface area contributed by atoms with Crippen LogP contribution in [0.5, 0.6) is 0 Å². The van der Waals surface area contributed by atoms with E-state index in [1.165, 1.54) is 4.90 Å². The summed E-state index contributed by atoms with van der Waals surface area (Å²) in [5.74, 6) is -2.78. The highest BCUT2D eigenvalue weighted by atomic mass is 19.4. The Morgan fingerprint density at radius 2 is 1.76 bits per heavy atom. The smallest absolute Gasteiger partial charge is 0.475 e. The number of carboxylic acids is 1. The number of anilines is 1. The molecule has 1 aromatic rings. The number of carbonyl (C=O) groups excluding carboxylic acids is 2. The lowest BCUT2D eigenvalue weighted by Crippen LogP contribution is -2.63. The molecule has 1 N–H and O–H groups in total. The first-order valence-electron chi connectivity index (χ1n) is 9.13. The van der Waals surface area contributed by atoms with Gasteiger partial charge in [0.05, 0.1) is 5.69 Å². The number of fused-ring (bicyclic) bond motifs is 2. The molecule has 5 rings (SSSR count). The standard InChI is InChI=1S/C17H20N2O3.C2HF3O2/c1-11-3-4-14(9-12(11)2)19-15(20)17(22-16(19)21)10-18-7-5-13(17)6-8-18;3-2(4,5)1(6)7/h3-4,9,13H,5-8,10H2,1-2H3;(H,6,7). The Labute approximate surface area is 165 Å². The Kier molecular flexibility index (Phi) is 5.33. The first-order chi connectivity index (χ1) is 13.5. The van der Waals surface area contributed by atoms with Crippen molar-refractivity contribution in [3.8, 4) is 0 Å². The molecule has 1 spiro atoms. The fourth-order valence-electron chi connectivity index (χ4n) is 3.98. The molecular formula is C19H21F3N2O5. The van der Waals surface area contributed by atoms with E-state index in [0.29, 0.717) is 12.2 Å². The number of imide groups is 1. The van der Waals surface area contributed by atoms with Crippen LogP contribution in [0.2, 0.25) is 0 Å². The summed E-state index contributed by atoms with van der Waals surface area (Å²) >= 11 is 0. The van der Waals surface area contributed by atoms with E-state index in [2.05, 4.69) is 4.90 Å². The van der Waals surface area contributed by atoms with Crippen molar-refractivity contribution in [1.29, 1.82) is 0 Å². The minimum Gasteiger partial charge on any atom is -0.475 e. The van der Waals surface area contributed by atoms with Crippen LogP contribution in [-0.4, -0.2) is 59.4 Å². The minimum atomic E-state index is -5.08. The summed E-state index contributed by atoms with van der Waals surface area (Å²) in [6.07, 6.45) is -3.75. The maximum Gasteiger partial charge on any atom is 0.490 e. The molecule has 4 aliphatic heterocycles. The van der Waals surface area contributed by atoms with E-state index < -0.39 is 23.8 Å². The number of carbonyl (C=O) groups is 3. The number of carboxylic acid groups (broad SMARTS) is 1. The highest BCUT2D eigenvalue weighted by Crippen LogP contribution is 2.44. The number of benzene rings is 1. The molecule has 0 radical (unpaired) electrons. The molecule has 1 atom stereocenters. The van der Waals surface area contributed by atoms with Crippen molar-refractivity contribution >= 4 is 23.7 Å². The van der Waals surface area contributed by atoms with Gasteiger partial charge in [0, 0.05) is 12.5 Å². The van der Waals surface area contributed by atoms with E-state index in [0.717, 1.165) is 37.1 Å². The third-order valence-corrected chi connectivity index (χ3v) is 5.71. The van der Waals surface area contributed by atoms with Gasteiger partial charge in [-0.2, -0.15) is 13.2 Å². The Morgan fingerprint density at radius 1 is 1.17 bits per heavy atom. The third-order valence-electron chi connectivity index (χ3n) is 5.71. The van der Waals surface area contributed by atoms with Gasteiger partial charge in [-0.25, -0.2) is 14.5 Å². The maximum absolute atomic E-state index is 13.0. The predicted molar refractivity (Wildman–Crippen MR) is 95.5 cm³/mol. The summed E-state index contributed by atoms with van der Waals surface area (Å²) in [6.45, 7) is 6.54. The zero-order valence-corrected chi connectivity index (χ0v) is 16.0. The number of halogens is 3. The number of rotatable bonds is 1. The number of aliphatic carboxylic acids is 1. The molecule has 4 aliphatic rings. The molecule has 10 heteroatoms. The number of amides is 2. The number of aryl methyl sites for hydroxylation is 2. The second kappa shape index (κ2) is 7.33. The average molecular weight is 414 g/mol. The van der Waals surface area contributed by atoms with Gasteiger partial charge in [-0.1, -0.05) is 6.07 Å². The second-order valence-electron chi connectivity index (χ2n) is 7.52. The number of piperidine rings is 3. The van der Waals surface area contributed by atoms with E-state index in [1.807, 2.05) is 32.0 Å². The Hall–Kier alpha value is -2.62. The van der Waals surface area contributed by atoms with Crippen LogP contribution in [0.1, 0.15) is 24.0 Å². The topological polar surface area (TPSA) is 87.2 Å². The number of nitrogens with zero attached hydrogens (tertiary/aromatic N) is 2. The van der Waals surface area contributed by atoms with Crippen LogP contribution in [0, 0.1) is 19.8 Å². The zero-order valence-electron chi connectivity index (χ0n) is 16.0. The highest BCUT2D eigenvalue weighted by molar-refractivity contribution is 6.20. The van der Waals surface area contributed by atoms with E-state index >= 15 is 0 Å².